The van der Waals surface area contributed by atoms with E-state index in [1.54, 1.807) is 7.11 Å². The van der Waals surface area contributed by atoms with Gasteiger partial charge in [0.05, 0.1) is 13.1 Å². The van der Waals surface area contributed by atoms with E-state index >= 15 is 0 Å². The fraction of sp³-hybridized carbons (Fsp3) is 0.632. The van der Waals surface area contributed by atoms with Crippen molar-refractivity contribution in [2.45, 2.75) is 20.3 Å². The van der Waals surface area contributed by atoms with Crippen molar-refractivity contribution in [3.63, 3.8) is 0 Å². The van der Waals surface area contributed by atoms with Gasteiger partial charge in [0.1, 0.15) is 12.4 Å². The quantitative estimate of drug-likeness (QED) is 0.209. The zero-order chi connectivity index (χ0) is 18.3. The first kappa shape index (κ1) is 24.9. The topological polar surface area (TPSA) is 58.1 Å². The first-order chi connectivity index (χ1) is 12.2. The number of halogens is 1. The van der Waals surface area contributed by atoms with Crippen molar-refractivity contribution in [3.8, 4) is 5.75 Å². The van der Waals surface area contributed by atoms with Crippen LogP contribution in [0, 0.1) is 6.92 Å². The molecule has 0 fully saturated rings. The summed E-state index contributed by atoms with van der Waals surface area (Å²) in [4.78, 5) is 6.88. The second kappa shape index (κ2) is 16.1. The van der Waals surface area contributed by atoms with Crippen molar-refractivity contribution in [2.75, 3.05) is 60.1 Å². The first-order valence-electron chi connectivity index (χ1n) is 9.05. The summed E-state index contributed by atoms with van der Waals surface area (Å²) in [6, 6.07) is 8.05. The highest BCUT2D eigenvalue weighted by Crippen LogP contribution is 2.15. The van der Waals surface area contributed by atoms with Crippen molar-refractivity contribution in [2.24, 2.45) is 4.99 Å². The van der Waals surface area contributed by atoms with Crippen molar-refractivity contribution < 1.29 is 9.47 Å². The molecule has 0 aliphatic heterocycles. The lowest BCUT2D eigenvalue weighted by atomic mass is 10.2. The summed E-state index contributed by atoms with van der Waals surface area (Å²) >= 11 is 0. The van der Waals surface area contributed by atoms with Gasteiger partial charge in [-0.1, -0.05) is 18.2 Å². The molecule has 7 heteroatoms. The Morgan fingerprint density at radius 2 is 1.92 bits per heavy atom. The number of methoxy groups -OCH3 is 1. The Labute approximate surface area is 175 Å². The van der Waals surface area contributed by atoms with Gasteiger partial charge in [-0.05, 0) is 38.9 Å². The van der Waals surface area contributed by atoms with Crippen LogP contribution in [0.1, 0.15) is 18.9 Å². The van der Waals surface area contributed by atoms with Crippen molar-refractivity contribution >= 4 is 29.9 Å². The SMILES string of the molecule is CCNC(=NCCN(C)CCCOC)NCCOc1ccccc1C.I. The minimum absolute atomic E-state index is 0. The highest BCUT2D eigenvalue weighted by Gasteiger charge is 2.01. The van der Waals surface area contributed by atoms with Crippen LogP contribution in [0.25, 0.3) is 0 Å². The summed E-state index contributed by atoms with van der Waals surface area (Å²) < 4.78 is 10.9. The fourth-order valence-corrected chi connectivity index (χ4v) is 2.31. The first-order valence-corrected chi connectivity index (χ1v) is 9.05. The minimum Gasteiger partial charge on any atom is -0.491 e. The lowest BCUT2D eigenvalue weighted by molar-refractivity contribution is 0.180. The Hall–Kier alpha value is -1.06. The van der Waals surface area contributed by atoms with E-state index in [9.17, 15) is 0 Å². The van der Waals surface area contributed by atoms with Crippen LogP contribution in [0.4, 0.5) is 0 Å². The number of guanidine groups is 1. The molecule has 0 bridgehead atoms. The van der Waals surface area contributed by atoms with Gasteiger partial charge in [0, 0.05) is 33.4 Å². The number of nitrogens with zero attached hydrogens (tertiary/aromatic N) is 2. The maximum atomic E-state index is 5.80. The molecule has 0 radical (unpaired) electrons. The number of likely N-dealkylation sites (N-methyl/N-ethyl adjacent to an activating group) is 1. The van der Waals surface area contributed by atoms with Gasteiger partial charge in [0.2, 0.25) is 0 Å². The highest BCUT2D eigenvalue weighted by atomic mass is 127. The van der Waals surface area contributed by atoms with Crippen LogP contribution in [0.2, 0.25) is 0 Å². The molecule has 0 aliphatic rings. The third-order valence-electron chi connectivity index (χ3n) is 3.73. The Bertz CT molecular complexity index is 500. The van der Waals surface area contributed by atoms with Crippen LogP contribution < -0.4 is 15.4 Å². The van der Waals surface area contributed by atoms with Crippen LogP contribution in [0.15, 0.2) is 29.3 Å². The third-order valence-corrected chi connectivity index (χ3v) is 3.73. The Balaban J connectivity index is 0.00000625. The molecule has 0 saturated carbocycles. The molecule has 2 N–H and O–H groups in total. The minimum atomic E-state index is 0. The van der Waals surface area contributed by atoms with Gasteiger partial charge in [-0.25, -0.2) is 0 Å². The van der Waals surface area contributed by atoms with Crippen molar-refractivity contribution in [1.82, 2.24) is 15.5 Å². The van der Waals surface area contributed by atoms with Crippen LogP contribution in [0.3, 0.4) is 0 Å². The van der Waals surface area contributed by atoms with Gasteiger partial charge in [-0.2, -0.15) is 0 Å². The number of para-hydroxylation sites is 1. The number of hydrogen-bond donors (Lipinski definition) is 2. The number of rotatable bonds is 12. The van der Waals surface area contributed by atoms with E-state index in [0.717, 1.165) is 56.5 Å². The second-order valence-corrected chi connectivity index (χ2v) is 5.95. The molecule has 0 aromatic heterocycles. The summed E-state index contributed by atoms with van der Waals surface area (Å²) in [6.07, 6.45) is 1.05. The van der Waals surface area contributed by atoms with Crippen LogP contribution >= 0.6 is 24.0 Å². The van der Waals surface area contributed by atoms with E-state index in [-0.39, 0.29) is 24.0 Å². The molecule has 6 nitrogen and oxygen atoms in total. The molecule has 150 valence electrons. The fourth-order valence-electron chi connectivity index (χ4n) is 2.31. The van der Waals surface area contributed by atoms with E-state index in [1.807, 2.05) is 18.2 Å². The predicted molar refractivity (Wildman–Crippen MR) is 120 cm³/mol. The largest absolute Gasteiger partial charge is 0.491 e. The lowest BCUT2D eigenvalue weighted by Gasteiger charge is -2.16. The Morgan fingerprint density at radius 3 is 2.62 bits per heavy atom. The van der Waals surface area contributed by atoms with Crippen molar-refractivity contribution in [3.05, 3.63) is 29.8 Å². The number of hydrogen-bond acceptors (Lipinski definition) is 4. The molecule has 0 aliphatic carbocycles. The molecule has 0 unspecified atom stereocenters. The third kappa shape index (κ3) is 11.5. The number of ether oxygens (including phenoxy) is 2. The molecule has 0 heterocycles. The zero-order valence-electron chi connectivity index (χ0n) is 16.6. The summed E-state index contributed by atoms with van der Waals surface area (Å²) in [7, 11) is 3.85. The lowest BCUT2D eigenvalue weighted by Crippen LogP contribution is -2.39. The van der Waals surface area contributed by atoms with E-state index < -0.39 is 0 Å². The Kier molecular flexibility index (Phi) is 15.5. The summed E-state index contributed by atoms with van der Waals surface area (Å²) in [5.74, 6) is 1.77. The molecule has 1 aromatic carbocycles. The summed E-state index contributed by atoms with van der Waals surface area (Å²) in [5.41, 5.74) is 1.15. The van der Waals surface area contributed by atoms with Crippen LogP contribution in [0.5, 0.6) is 5.75 Å². The summed E-state index contributed by atoms with van der Waals surface area (Å²) in [6.45, 7) is 9.80. The average molecular weight is 478 g/mol. The van der Waals surface area contributed by atoms with Crippen LogP contribution in [-0.2, 0) is 4.74 Å². The number of aliphatic imine (C=N–C) groups is 1. The molecule has 0 saturated heterocycles. The smallest absolute Gasteiger partial charge is 0.191 e. The van der Waals surface area contributed by atoms with Gasteiger partial charge in [0.15, 0.2) is 5.96 Å². The Morgan fingerprint density at radius 1 is 1.15 bits per heavy atom. The van der Waals surface area contributed by atoms with E-state index in [0.29, 0.717) is 13.2 Å². The van der Waals surface area contributed by atoms with Crippen molar-refractivity contribution in [1.29, 1.82) is 0 Å². The molecule has 0 atom stereocenters. The molecule has 0 amide bonds. The number of aryl methyl sites for hydroxylation is 1. The van der Waals surface area contributed by atoms with Gasteiger partial charge < -0.3 is 25.0 Å². The van der Waals surface area contributed by atoms with Gasteiger partial charge in [-0.3, -0.25) is 4.99 Å². The second-order valence-electron chi connectivity index (χ2n) is 5.95. The monoisotopic (exact) mass is 478 g/mol. The van der Waals surface area contributed by atoms with Gasteiger partial charge >= 0.3 is 0 Å². The van der Waals surface area contributed by atoms with Crippen LogP contribution in [-0.4, -0.2) is 71.0 Å². The van der Waals surface area contributed by atoms with E-state index in [4.69, 9.17) is 9.47 Å². The van der Waals surface area contributed by atoms with E-state index in [1.165, 1.54) is 0 Å². The molecule has 26 heavy (non-hydrogen) atoms. The molecule has 1 aromatic rings. The molecule has 1 rings (SSSR count). The summed E-state index contributed by atoms with van der Waals surface area (Å²) in [5, 5.41) is 6.58. The maximum absolute atomic E-state index is 5.80. The molecular weight excluding hydrogens is 443 g/mol. The standard InChI is InChI=1S/C19H34N4O2.HI/c1-5-20-19(21-11-14-23(3)13-8-15-24-4)22-12-16-25-18-10-7-6-9-17(18)2;/h6-7,9-10H,5,8,11-16H2,1-4H3,(H2,20,21,22);1H. The predicted octanol–water partition coefficient (Wildman–Crippen LogP) is 2.52. The van der Waals surface area contributed by atoms with E-state index in [2.05, 4.69) is 47.5 Å². The number of nitrogens with one attached hydrogen (secondary N) is 2. The molecular formula is C19H35IN4O2. The molecule has 0 spiro atoms. The number of benzene rings is 1. The van der Waals surface area contributed by atoms with Gasteiger partial charge in [0.25, 0.3) is 0 Å². The average Bonchev–Trinajstić information content (AvgIpc) is 2.60. The highest BCUT2D eigenvalue weighted by molar-refractivity contribution is 14.0. The van der Waals surface area contributed by atoms with Gasteiger partial charge in [-0.15, -0.1) is 24.0 Å². The maximum Gasteiger partial charge on any atom is 0.191 e. The zero-order valence-corrected chi connectivity index (χ0v) is 18.9. The normalized spacial score (nSPS) is 11.2.